The van der Waals surface area contributed by atoms with Crippen LogP contribution in [0.3, 0.4) is 0 Å². The molecule has 0 bridgehead atoms. The maximum absolute atomic E-state index is 10.6. The zero-order valence-corrected chi connectivity index (χ0v) is 6.36. The SMILES string of the molecule is C/C=N/NS(=O)NCC. The van der Waals surface area contributed by atoms with Gasteiger partial charge in [0.25, 0.3) is 0 Å². The Morgan fingerprint density at radius 1 is 1.78 bits per heavy atom. The van der Waals surface area contributed by atoms with Crippen molar-refractivity contribution in [2.24, 2.45) is 5.10 Å². The van der Waals surface area contributed by atoms with Crippen molar-refractivity contribution in [3.8, 4) is 0 Å². The fourth-order valence-corrected chi connectivity index (χ4v) is 0.792. The van der Waals surface area contributed by atoms with E-state index >= 15 is 0 Å². The van der Waals surface area contributed by atoms with Crippen molar-refractivity contribution in [2.45, 2.75) is 13.8 Å². The molecular weight excluding hydrogens is 138 g/mol. The molecule has 0 aliphatic carbocycles. The normalized spacial score (nSPS) is 14.0. The van der Waals surface area contributed by atoms with E-state index in [1.165, 1.54) is 6.21 Å². The van der Waals surface area contributed by atoms with Gasteiger partial charge < -0.3 is 0 Å². The van der Waals surface area contributed by atoms with Gasteiger partial charge in [-0.15, -0.1) is 0 Å². The molecule has 2 N–H and O–H groups in total. The van der Waals surface area contributed by atoms with E-state index in [9.17, 15) is 4.21 Å². The van der Waals surface area contributed by atoms with Gasteiger partial charge in [0.2, 0.25) is 11.2 Å². The van der Waals surface area contributed by atoms with Crippen molar-refractivity contribution in [2.75, 3.05) is 6.54 Å². The maximum Gasteiger partial charge on any atom is 0.209 e. The molecule has 0 heterocycles. The average Bonchev–Trinajstić information content (AvgIpc) is 1.85. The lowest BCUT2D eigenvalue weighted by Crippen LogP contribution is -2.26. The second-order valence-electron chi connectivity index (χ2n) is 1.25. The first-order valence-corrected chi connectivity index (χ1v) is 3.84. The topological polar surface area (TPSA) is 53.5 Å². The maximum atomic E-state index is 10.6. The summed E-state index contributed by atoms with van der Waals surface area (Å²) in [6.45, 7) is 4.28. The van der Waals surface area contributed by atoms with Crippen LogP contribution in [0.25, 0.3) is 0 Å². The average molecular weight is 149 g/mol. The largest absolute Gasteiger partial charge is 0.219 e. The van der Waals surface area contributed by atoms with Crippen LogP contribution in [-0.2, 0) is 11.2 Å². The minimum Gasteiger partial charge on any atom is -0.219 e. The highest BCUT2D eigenvalue weighted by atomic mass is 32.2. The molecule has 1 unspecified atom stereocenters. The van der Waals surface area contributed by atoms with Crippen LogP contribution in [0.15, 0.2) is 5.10 Å². The molecule has 0 fully saturated rings. The van der Waals surface area contributed by atoms with Crippen LogP contribution >= 0.6 is 0 Å². The zero-order valence-electron chi connectivity index (χ0n) is 5.55. The Bertz CT molecular complexity index is 114. The first-order valence-electron chi connectivity index (χ1n) is 2.69. The van der Waals surface area contributed by atoms with Gasteiger partial charge in [-0.1, -0.05) is 6.92 Å². The van der Waals surface area contributed by atoms with Crippen molar-refractivity contribution >= 4 is 17.4 Å². The molecular formula is C4H11N3OS. The molecule has 0 radical (unpaired) electrons. The predicted molar refractivity (Wildman–Crippen MR) is 39.1 cm³/mol. The number of hydrazone groups is 1. The predicted octanol–water partition coefficient (Wildman–Crippen LogP) is -0.230. The van der Waals surface area contributed by atoms with Crippen LogP contribution < -0.4 is 9.55 Å². The summed E-state index contributed by atoms with van der Waals surface area (Å²) >= 11 is -1.22. The van der Waals surface area contributed by atoms with Crippen LogP contribution in [-0.4, -0.2) is 17.0 Å². The summed E-state index contributed by atoms with van der Waals surface area (Å²) in [6, 6.07) is 0. The van der Waals surface area contributed by atoms with Gasteiger partial charge in [-0.3, -0.25) is 0 Å². The van der Waals surface area contributed by atoms with E-state index in [-0.39, 0.29) is 0 Å². The molecule has 0 aromatic carbocycles. The number of hydrogen-bond donors (Lipinski definition) is 2. The molecule has 4 nitrogen and oxygen atoms in total. The molecule has 0 aliphatic heterocycles. The minimum atomic E-state index is -1.22. The molecule has 0 aliphatic rings. The van der Waals surface area contributed by atoms with Gasteiger partial charge in [0.05, 0.1) is 0 Å². The Kier molecular flexibility index (Phi) is 5.45. The molecule has 0 aromatic heterocycles. The summed E-state index contributed by atoms with van der Waals surface area (Å²) in [5.74, 6) is 0. The highest BCUT2D eigenvalue weighted by molar-refractivity contribution is 7.80. The van der Waals surface area contributed by atoms with Gasteiger partial charge >= 0.3 is 0 Å². The Morgan fingerprint density at radius 3 is 2.89 bits per heavy atom. The van der Waals surface area contributed by atoms with Crippen molar-refractivity contribution in [1.29, 1.82) is 0 Å². The third kappa shape index (κ3) is 5.45. The van der Waals surface area contributed by atoms with Crippen molar-refractivity contribution in [1.82, 2.24) is 9.55 Å². The molecule has 0 rings (SSSR count). The van der Waals surface area contributed by atoms with E-state index in [0.29, 0.717) is 6.54 Å². The Morgan fingerprint density at radius 2 is 2.44 bits per heavy atom. The van der Waals surface area contributed by atoms with E-state index in [2.05, 4.69) is 14.7 Å². The third-order valence-corrected chi connectivity index (χ3v) is 1.36. The van der Waals surface area contributed by atoms with Gasteiger partial charge in [0.1, 0.15) is 0 Å². The zero-order chi connectivity index (χ0) is 7.11. The molecule has 1 atom stereocenters. The summed E-state index contributed by atoms with van der Waals surface area (Å²) in [7, 11) is 0. The van der Waals surface area contributed by atoms with Gasteiger partial charge in [0, 0.05) is 12.8 Å². The summed E-state index contributed by atoms with van der Waals surface area (Å²) in [5, 5.41) is 3.55. The monoisotopic (exact) mass is 149 g/mol. The van der Waals surface area contributed by atoms with Crippen LogP contribution in [0.2, 0.25) is 0 Å². The summed E-state index contributed by atoms with van der Waals surface area (Å²) < 4.78 is 13.2. The van der Waals surface area contributed by atoms with E-state index in [1.54, 1.807) is 6.92 Å². The third-order valence-electron chi connectivity index (χ3n) is 0.540. The molecule has 54 valence electrons. The van der Waals surface area contributed by atoms with E-state index in [0.717, 1.165) is 0 Å². The Hall–Kier alpha value is -0.420. The summed E-state index contributed by atoms with van der Waals surface area (Å²) in [5.41, 5.74) is 0. The highest BCUT2D eigenvalue weighted by Gasteiger charge is 1.87. The van der Waals surface area contributed by atoms with Crippen molar-refractivity contribution < 1.29 is 4.21 Å². The standard InChI is InChI=1S/C4H11N3OS/c1-3-5-7-9(8)6-4-2/h3,6-7H,4H2,1-2H3/b5-3+. The molecule has 0 saturated carbocycles. The minimum absolute atomic E-state index is 0.666. The van der Waals surface area contributed by atoms with Gasteiger partial charge in [-0.05, 0) is 6.92 Å². The van der Waals surface area contributed by atoms with Gasteiger partial charge in [0.15, 0.2) is 0 Å². The molecule has 0 aromatic rings. The van der Waals surface area contributed by atoms with Gasteiger partial charge in [-0.25, -0.2) is 13.8 Å². The molecule has 5 heteroatoms. The van der Waals surface area contributed by atoms with Gasteiger partial charge in [-0.2, -0.15) is 5.10 Å². The lowest BCUT2D eigenvalue weighted by atomic mass is 10.8. The van der Waals surface area contributed by atoms with Crippen LogP contribution in [0.4, 0.5) is 0 Å². The van der Waals surface area contributed by atoms with Crippen LogP contribution in [0, 0.1) is 0 Å². The number of hydrogen-bond acceptors (Lipinski definition) is 2. The lowest BCUT2D eigenvalue weighted by Gasteiger charge is -1.96. The Balaban J connectivity index is 3.27. The summed E-state index contributed by atoms with van der Waals surface area (Å²) in [6.07, 6.45) is 1.54. The number of nitrogens with one attached hydrogen (secondary N) is 2. The van der Waals surface area contributed by atoms with E-state index in [4.69, 9.17) is 0 Å². The fraction of sp³-hybridized carbons (Fsp3) is 0.750. The molecule has 9 heavy (non-hydrogen) atoms. The molecule has 0 spiro atoms. The van der Waals surface area contributed by atoms with E-state index in [1.807, 2.05) is 6.92 Å². The Labute approximate surface area is 57.4 Å². The highest BCUT2D eigenvalue weighted by Crippen LogP contribution is 1.64. The smallest absolute Gasteiger partial charge is 0.209 e. The second kappa shape index (κ2) is 5.71. The number of nitrogens with zero attached hydrogens (tertiary/aromatic N) is 1. The molecule has 0 amide bonds. The summed E-state index contributed by atoms with van der Waals surface area (Å²) in [4.78, 5) is 2.36. The first-order chi connectivity index (χ1) is 4.31. The van der Waals surface area contributed by atoms with E-state index < -0.39 is 11.2 Å². The van der Waals surface area contributed by atoms with Crippen molar-refractivity contribution in [3.05, 3.63) is 0 Å². The second-order valence-corrected chi connectivity index (χ2v) is 2.25. The van der Waals surface area contributed by atoms with Crippen LogP contribution in [0.1, 0.15) is 13.8 Å². The fourth-order valence-electron chi connectivity index (χ4n) is 0.264. The quantitative estimate of drug-likeness (QED) is 0.421. The van der Waals surface area contributed by atoms with Crippen LogP contribution in [0.5, 0.6) is 0 Å². The lowest BCUT2D eigenvalue weighted by molar-refractivity contribution is 0.665. The van der Waals surface area contributed by atoms with Crippen molar-refractivity contribution in [3.63, 3.8) is 0 Å². The molecule has 0 saturated heterocycles. The first kappa shape index (κ1) is 8.58. The number of rotatable bonds is 4.